The highest BCUT2D eigenvalue weighted by Crippen LogP contribution is 2.27. The van der Waals surface area contributed by atoms with Crippen molar-refractivity contribution in [1.82, 2.24) is 14.5 Å². The zero-order valence-corrected chi connectivity index (χ0v) is 23.9. The Labute approximate surface area is 241 Å². The van der Waals surface area contributed by atoms with Crippen LogP contribution in [0.15, 0.2) is 72.8 Å². The number of likely N-dealkylation sites (tertiary alicyclic amines) is 1. The Morgan fingerprint density at radius 2 is 1.88 bits per heavy atom. The van der Waals surface area contributed by atoms with Crippen LogP contribution in [0.5, 0.6) is 5.75 Å². The molecule has 0 amide bonds. The lowest BCUT2D eigenvalue weighted by atomic mass is 9.91. The minimum atomic E-state index is -0.738. The zero-order chi connectivity index (χ0) is 27.9. The van der Waals surface area contributed by atoms with Crippen LogP contribution in [-0.4, -0.2) is 45.2 Å². The molecule has 7 heteroatoms. The highest BCUT2D eigenvalue weighted by atomic mass is 35.5. The summed E-state index contributed by atoms with van der Waals surface area (Å²) in [6, 6.07) is 23.4. The van der Waals surface area contributed by atoms with Crippen LogP contribution < -0.4 is 4.74 Å². The average Bonchev–Trinajstić information content (AvgIpc) is 3.32. The summed E-state index contributed by atoms with van der Waals surface area (Å²) < 4.78 is 8.39. The van der Waals surface area contributed by atoms with Crippen LogP contribution in [0.25, 0.3) is 11.0 Å². The molecule has 1 aliphatic heterocycles. The van der Waals surface area contributed by atoms with Gasteiger partial charge in [0.25, 0.3) is 0 Å². The number of hydrogen-bond acceptors (Lipinski definition) is 4. The van der Waals surface area contributed by atoms with Crippen LogP contribution in [0, 0.1) is 12.8 Å². The van der Waals surface area contributed by atoms with Gasteiger partial charge in [0.2, 0.25) is 0 Å². The number of hydrogen-bond donors (Lipinski definition) is 1. The number of carboxylic acid groups (broad SMARTS) is 1. The number of fused-ring (bicyclic) bond motifs is 1. The predicted molar refractivity (Wildman–Crippen MR) is 160 cm³/mol. The van der Waals surface area contributed by atoms with Gasteiger partial charge in [0.1, 0.15) is 18.2 Å². The number of halogens is 1. The van der Waals surface area contributed by atoms with Crippen molar-refractivity contribution >= 4 is 28.6 Å². The molecule has 2 heterocycles. The molecule has 0 spiro atoms. The third kappa shape index (κ3) is 7.04. The first-order chi connectivity index (χ1) is 19.5. The summed E-state index contributed by atoms with van der Waals surface area (Å²) in [7, 11) is 0. The summed E-state index contributed by atoms with van der Waals surface area (Å²) in [5.74, 6) is 1.15. The highest BCUT2D eigenvalue weighted by molar-refractivity contribution is 6.30. The van der Waals surface area contributed by atoms with Gasteiger partial charge in [-0.25, -0.2) is 4.98 Å². The van der Waals surface area contributed by atoms with Gasteiger partial charge in [-0.15, -0.1) is 0 Å². The normalized spacial score (nSPS) is 16.7. The number of imidazole rings is 1. The molecule has 40 heavy (non-hydrogen) atoms. The van der Waals surface area contributed by atoms with E-state index in [0.717, 1.165) is 67.2 Å². The molecular formula is C33H38ClN3O3. The number of carboxylic acids is 1. The Balaban J connectivity index is 1.18. The minimum Gasteiger partial charge on any atom is -0.486 e. The second-order valence-corrected chi connectivity index (χ2v) is 11.3. The molecule has 2 atom stereocenters. The van der Waals surface area contributed by atoms with Crippen molar-refractivity contribution in [2.45, 2.75) is 58.1 Å². The number of nitrogens with zero attached hydrogens (tertiary/aromatic N) is 3. The molecule has 1 aromatic heterocycles. The summed E-state index contributed by atoms with van der Waals surface area (Å²) >= 11 is 6.03. The number of aromatic nitrogens is 2. The molecule has 0 saturated carbocycles. The fourth-order valence-electron chi connectivity index (χ4n) is 5.93. The Bertz CT molecular complexity index is 1400. The fraction of sp³-hybridized carbons (Fsp3) is 0.394. The molecule has 4 aromatic rings. The SMILES string of the molecule is Cc1cccc2c1nc(COc1ccc(Cl)cc1)n2CCCC1CCCN(CC[C@H](C(=O)O)c2ccccc2)C1. The third-order valence-corrected chi connectivity index (χ3v) is 8.32. The van der Waals surface area contributed by atoms with E-state index in [1.807, 2.05) is 54.6 Å². The van der Waals surface area contributed by atoms with Gasteiger partial charge in [-0.1, -0.05) is 54.1 Å². The van der Waals surface area contributed by atoms with Gasteiger partial charge in [0.15, 0.2) is 0 Å². The highest BCUT2D eigenvalue weighted by Gasteiger charge is 2.24. The minimum absolute atomic E-state index is 0.402. The summed E-state index contributed by atoms with van der Waals surface area (Å²) in [6.45, 7) is 6.31. The lowest BCUT2D eigenvalue weighted by molar-refractivity contribution is -0.139. The van der Waals surface area contributed by atoms with Crippen LogP contribution in [-0.2, 0) is 17.9 Å². The number of benzene rings is 3. The number of carbonyl (C=O) groups is 1. The number of rotatable bonds is 12. The standard InChI is InChI=1S/C33H38ClN3O3/c1-24-8-5-13-30-32(24)35-31(23-40-28-16-14-27(34)15-17-28)37(30)20-7-10-25-9-6-19-36(22-25)21-18-29(33(38)39)26-11-3-2-4-12-26/h2-5,8,11-17,25,29H,6-7,9-10,18-23H2,1H3,(H,38,39)/t25?,29-/m0/s1. The largest absolute Gasteiger partial charge is 0.486 e. The molecule has 1 fully saturated rings. The smallest absolute Gasteiger partial charge is 0.311 e. The zero-order valence-electron chi connectivity index (χ0n) is 23.1. The van der Waals surface area contributed by atoms with Crippen LogP contribution in [0.4, 0.5) is 0 Å². The molecule has 1 aliphatic rings. The molecule has 3 aromatic carbocycles. The molecule has 210 valence electrons. The van der Waals surface area contributed by atoms with Gasteiger partial charge in [0, 0.05) is 18.1 Å². The van der Waals surface area contributed by atoms with E-state index >= 15 is 0 Å². The van der Waals surface area contributed by atoms with E-state index < -0.39 is 11.9 Å². The van der Waals surface area contributed by atoms with Crippen molar-refractivity contribution < 1.29 is 14.6 Å². The summed E-state index contributed by atoms with van der Waals surface area (Å²) in [5.41, 5.74) is 4.25. The van der Waals surface area contributed by atoms with E-state index in [1.54, 1.807) is 0 Å². The number of aliphatic carboxylic acids is 1. The molecule has 0 bridgehead atoms. The van der Waals surface area contributed by atoms with Crippen LogP contribution in [0.1, 0.15) is 55.0 Å². The van der Waals surface area contributed by atoms with Crippen LogP contribution in [0.2, 0.25) is 5.02 Å². The second kappa shape index (κ2) is 13.3. The Morgan fingerprint density at radius 3 is 2.65 bits per heavy atom. The van der Waals surface area contributed by atoms with Gasteiger partial charge < -0.3 is 19.3 Å². The van der Waals surface area contributed by atoms with Crippen LogP contribution in [0.3, 0.4) is 0 Å². The van der Waals surface area contributed by atoms with Crippen molar-refractivity contribution in [3.8, 4) is 5.75 Å². The first-order valence-corrected chi connectivity index (χ1v) is 14.7. The Kier molecular flexibility index (Phi) is 9.40. The number of piperidine rings is 1. The first-order valence-electron chi connectivity index (χ1n) is 14.3. The maximum atomic E-state index is 11.9. The first kappa shape index (κ1) is 28.2. The van der Waals surface area contributed by atoms with E-state index in [1.165, 1.54) is 18.4 Å². The van der Waals surface area contributed by atoms with Gasteiger partial charge in [-0.3, -0.25) is 4.79 Å². The fourth-order valence-corrected chi connectivity index (χ4v) is 6.06. The van der Waals surface area contributed by atoms with Crippen molar-refractivity contribution in [3.05, 3.63) is 94.8 Å². The summed E-state index contributed by atoms with van der Waals surface area (Å²) in [4.78, 5) is 19.4. The van der Waals surface area contributed by atoms with Crippen molar-refractivity contribution in [1.29, 1.82) is 0 Å². The van der Waals surface area contributed by atoms with Crippen molar-refractivity contribution in [3.63, 3.8) is 0 Å². The molecule has 6 nitrogen and oxygen atoms in total. The van der Waals surface area contributed by atoms with Crippen LogP contribution >= 0.6 is 11.6 Å². The molecule has 5 rings (SSSR count). The number of aryl methyl sites for hydroxylation is 2. The lowest BCUT2D eigenvalue weighted by Crippen LogP contribution is -2.37. The Hall–Kier alpha value is -3.35. The van der Waals surface area contributed by atoms with Gasteiger partial charge >= 0.3 is 5.97 Å². The van der Waals surface area contributed by atoms with Gasteiger partial charge in [-0.05, 0) is 99.5 Å². The van der Waals surface area contributed by atoms with E-state index in [2.05, 4.69) is 34.6 Å². The monoisotopic (exact) mass is 559 g/mol. The Morgan fingerprint density at radius 1 is 1.07 bits per heavy atom. The maximum absolute atomic E-state index is 11.9. The van der Waals surface area contributed by atoms with E-state index in [9.17, 15) is 9.90 Å². The summed E-state index contributed by atoms with van der Waals surface area (Å²) in [5, 5.41) is 10.5. The number of para-hydroxylation sites is 1. The van der Waals surface area contributed by atoms with E-state index in [-0.39, 0.29) is 0 Å². The topological polar surface area (TPSA) is 67.6 Å². The molecule has 0 radical (unpaired) electrons. The average molecular weight is 560 g/mol. The predicted octanol–water partition coefficient (Wildman–Crippen LogP) is 7.33. The number of ether oxygens (including phenoxy) is 1. The molecular weight excluding hydrogens is 522 g/mol. The van der Waals surface area contributed by atoms with Gasteiger partial charge in [-0.2, -0.15) is 0 Å². The van der Waals surface area contributed by atoms with Crippen molar-refractivity contribution in [2.75, 3.05) is 19.6 Å². The van der Waals surface area contributed by atoms with E-state index in [4.69, 9.17) is 21.3 Å². The summed E-state index contributed by atoms with van der Waals surface area (Å²) in [6.07, 6.45) is 5.24. The third-order valence-electron chi connectivity index (χ3n) is 8.07. The quantitative estimate of drug-likeness (QED) is 0.197. The lowest BCUT2D eigenvalue weighted by Gasteiger charge is -2.33. The van der Waals surface area contributed by atoms with E-state index in [0.29, 0.717) is 24.0 Å². The second-order valence-electron chi connectivity index (χ2n) is 10.9. The molecule has 1 unspecified atom stereocenters. The molecule has 1 saturated heterocycles. The maximum Gasteiger partial charge on any atom is 0.311 e. The molecule has 0 aliphatic carbocycles. The van der Waals surface area contributed by atoms with Crippen molar-refractivity contribution in [2.24, 2.45) is 5.92 Å². The van der Waals surface area contributed by atoms with Gasteiger partial charge in [0.05, 0.1) is 17.0 Å². The molecule has 1 N–H and O–H groups in total.